The van der Waals surface area contributed by atoms with Crippen molar-refractivity contribution in [2.24, 2.45) is 0 Å². The minimum atomic E-state index is 0.0614. The van der Waals surface area contributed by atoms with Crippen molar-refractivity contribution in [2.75, 3.05) is 44.0 Å². The van der Waals surface area contributed by atoms with Gasteiger partial charge in [0.1, 0.15) is 0 Å². The van der Waals surface area contributed by atoms with Gasteiger partial charge in [0.25, 0.3) is 0 Å². The maximum atomic E-state index is 12.9. The summed E-state index contributed by atoms with van der Waals surface area (Å²) in [5, 5.41) is 9.66. The number of aromatic nitrogens is 3. The zero-order chi connectivity index (χ0) is 23.2. The molecule has 0 atom stereocenters. The Labute approximate surface area is 199 Å². The van der Waals surface area contributed by atoms with Crippen molar-refractivity contribution in [2.45, 2.75) is 32.0 Å². The molecular formula is C25H31N5O2S. The standard InChI is InChI=1S/C25H31N5O2S/c1-4-20-8-10-21(11-9-20)17-28(3)23(31)18-33-25-27-26-24(29-12-14-32-15-13-29)30(25)22-7-5-6-19(2)16-22/h5-11,16H,4,12-15,17-18H2,1-3H3. The van der Waals surface area contributed by atoms with E-state index in [4.69, 9.17) is 4.74 Å². The average Bonchev–Trinajstić information content (AvgIpc) is 3.27. The lowest BCUT2D eigenvalue weighted by Crippen LogP contribution is -2.37. The summed E-state index contributed by atoms with van der Waals surface area (Å²) in [5.41, 5.74) is 4.59. The predicted octanol–water partition coefficient (Wildman–Crippen LogP) is 3.73. The molecule has 7 nitrogen and oxygen atoms in total. The third-order valence-corrected chi connectivity index (χ3v) is 6.69. The lowest BCUT2D eigenvalue weighted by molar-refractivity contribution is -0.127. The summed E-state index contributed by atoms with van der Waals surface area (Å²) in [5.74, 6) is 1.16. The maximum absolute atomic E-state index is 12.9. The monoisotopic (exact) mass is 465 g/mol. The fourth-order valence-electron chi connectivity index (χ4n) is 3.80. The number of rotatable bonds is 8. The van der Waals surface area contributed by atoms with Crippen molar-refractivity contribution in [1.82, 2.24) is 19.7 Å². The second-order valence-corrected chi connectivity index (χ2v) is 9.21. The summed E-state index contributed by atoms with van der Waals surface area (Å²) < 4.78 is 7.56. The van der Waals surface area contributed by atoms with Crippen LogP contribution in [-0.4, -0.2) is 64.7 Å². The zero-order valence-corrected chi connectivity index (χ0v) is 20.3. The molecule has 0 unspecified atom stereocenters. The SMILES string of the molecule is CCc1ccc(CN(C)C(=O)CSc2nnc(N3CCOCC3)n2-c2cccc(C)c2)cc1. The highest BCUT2D eigenvalue weighted by molar-refractivity contribution is 7.99. The van der Waals surface area contributed by atoms with Gasteiger partial charge in [0.2, 0.25) is 11.9 Å². The third kappa shape index (κ3) is 5.75. The Morgan fingerprint density at radius 3 is 2.52 bits per heavy atom. The molecule has 0 bridgehead atoms. The van der Waals surface area contributed by atoms with Crippen molar-refractivity contribution in [3.8, 4) is 5.69 Å². The second kappa shape index (κ2) is 10.9. The largest absolute Gasteiger partial charge is 0.378 e. The first-order valence-electron chi connectivity index (χ1n) is 11.3. The van der Waals surface area contributed by atoms with Crippen LogP contribution in [0.2, 0.25) is 0 Å². The maximum Gasteiger partial charge on any atom is 0.233 e. The van der Waals surface area contributed by atoms with Gasteiger partial charge < -0.3 is 14.5 Å². The molecule has 2 aromatic carbocycles. The number of thioether (sulfide) groups is 1. The summed E-state index contributed by atoms with van der Waals surface area (Å²) in [6.45, 7) is 7.69. The fourth-order valence-corrected chi connectivity index (χ4v) is 4.68. The molecule has 1 aromatic heterocycles. The number of ether oxygens (including phenoxy) is 1. The summed E-state index contributed by atoms with van der Waals surface area (Å²) in [6, 6.07) is 16.7. The van der Waals surface area contributed by atoms with Crippen molar-refractivity contribution in [1.29, 1.82) is 0 Å². The van der Waals surface area contributed by atoms with Gasteiger partial charge in [0.05, 0.1) is 24.7 Å². The van der Waals surface area contributed by atoms with Gasteiger partial charge >= 0.3 is 0 Å². The van der Waals surface area contributed by atoms with Crippen LogP contribution in [-0.2, 0) is 22.5 Å². The number of nitrogens with zero attached hydrogens (tertiary/aromatic N) is 5. The number of hydrogen-bond donors (Lipinski definition) is 0. The number of hydrogen-bond acceptors (Lipinski definition) is 6. The first-order chi connectivity index (χ1) is 16.0. The molecule has 0 saturated carbocycles. The van der Waals surface area contributed by atoms with Crippen molar-refractivity contribution in [3.63, 3.8) is 0 Å². The highest BCUT2D eigenvalue weighted by Crippen LogP contribution is 2.28. The summed E-state index contributed by atoms with van der Waals surface area (Å²) in [6.07, 6.45) is 1.01. The molecule has 1 amide bonds. The fraction of sp³-hybridized carbons (Fsp3) is 0.400. The van der Waals surface area contributed by atoms with Crippen molar-refractivity contribution < 1.29 is 9.53 Å². The van der Waals surface area contributed by atoms with Crippen LogP contribution in [0.3, 0.4) is 0 Å². The summed E-state index contributed by atoms with van der Waals surface area (Å²) in [4.78, 5) is 16.8. The summed E-state index contributed by atoms with van der Waals surface area (Å²) in [7, 11) is 1.85. The van der Waals surface area contributed by atoms with Crippen LogP contribution in [0.15, 0.2) is 53.7 Å². The Kier molecular flexibility index (Phi) is 7.67. The lowest BCUT2D eigenvalue weighted by atomic mass is 10.1. The first kappa shape index (κ1) is 23.3. The molecule has 2 heterocycles. The Morgan fingerprint density at radius 2 is 1.82 bits per heavy atom. The number of benzene rings is 2. The molecule has 8 heteroatoms. The van der Waals surface area contributed by atoms with Gasteiger partial charge in [-0.1, -0.05) is 55.1 Å². The number of carbonyl (C=O) groups is 1. The molecule has 0 spiro atoms. The van der Waals surface area contributed by atoms with E-state index in [1.807, 2.05) is 13.1 Å². The van der Waals surface area contributed by atoms with Crippen LogP contribution < -0.4 is 4.90 Å². The molecule has 3 aromatic rings. The van der Waals surface area contributed by atoms with E-state index in [0.717, 1.165) is 47.4 Å². The number of amides is 1. The van der Waals surface area contributed by atoms with E-state index in [0.29, 0.717) is 25.5 Å². The van der Waals surface area contributed by atoms with Crippen molar-refractivity contribution >= 4 is 23.6 Å². The van der Waals surface area contributed by atoms with Gasteiger partial charge in [-0.05, 0) is 42.2 Å². The van der Waals surface area contributed by atoms with Gasteiger partial charge in [0, 0.05) is 26.7 Å². The Balaban J connectivity index is 1.48. The highest BCUT2D eigenvalue weighted by atomic mass is 32.2. The molecule has 4 rings (SSSR count). The molecule has 0 N–H and O–H groups in total. The highest BCUT2D eigenvalue weighted by Gasteiger charge is 2.23. The van der Waals surface area contributed by atoms with E-state index in [1.165, 1.54) is 17.3 Å². The molecule has 1 aliphatic rings. The predicted molar refractivity (Wildman–Crippen MR) is 132 cm³/mol. The third-order valence-electron chi connectivity index (χ3n) is 5.77. The van der Waals surface area contributed by atoms with E-state index < -0.39 is 0 Å². The van der Waals surface area contributed by atoms with E-state index in [9.17, 15) is 4.79 Å². The van der Waals surface area contributed by atoms with Crippen LogP contribution in [0, 0.1) is 6.92 Å². The van der Waals surface area contributed by atoms with Gasteiger partial charge in [0.15, 0.2) is 5.16 Å². The minimum absolute atomic E-state index is 0.0614. The second-order valence-electron chi connectivity index (χ2n) is 8.26. The Bertz CT molecular complexity index is 1080. The van der Waals surface area contributed by atoms with Crippen LogP contribution in [0.4, 0.5) is 5.95 Å². The van der Waals surface area contributed by atoms with E-state index in [1.54, 1.807) is 4.90 Å². The van der Waals surface area contributed by atoms with Crippen LogP contribution >= 0.6 is 11.8 Å². The first-order valence-corrected chi connectivity index (χ1v) is 12.3. The van der Waals surface area contributed by atoms with Crippen LogP contribution in [0.25, 0.3) is 5.69 Å². The normalized spacial score (nSPS) is 13.8. The number of aryl methyl sites for hydroxylation is 2. The Hall–Kier alpha value is -2.84. The molecule has 1 saturated heterocycles. The zero-order valence-electron chi connectivity index (χ0n) is 19.5. The van der Waals surface area contributed by atoms with E-state index >= 15 is 0 Å². The Morgan fingerprint density at radius 1 is 1.09 bits per heavy atom. The smallest absolute Gasteiger partial charge is 0.233 e. The van der Waals surface area contributed by atoms with Gasteiger partial charge in [-0.3, -0.25) is 9.36 Å². The lowest BCUT2D eigenvalue weighted by Gasteiger charge is -2.28. The van der Waals surface area contributed by atoms with Gasteiger partial charge in [-0.15, -0.1) is 10.2 Å². The van der Waals surface area contributed by atoms with Gasteiger partial charge in [-0.2, -0.15) is 0 Å². The van der Waals surface area contributed by atoms with E-state index in [-0.39, 0.29) is 5.91 Å². The molecule has 0 radical (unpaired) electrons. The van der Waals surface area contributed by atoms with Crippen LogP contribution in [0.1, 0.15) is 23.6 Å². The molecular weight excluding hydrogens is 434 g/mol. The molecule has 1 aliphatic heterocycles. The van der Waals surface area contributed by atoms with E-state index in [2.05, 4.69) is 76.0 Å². The molecule has 174 valence electrons. The average molecular weight is 466 g/mol. The summed E-state index contributed by atoms with van der Waals surface area (Å²) >= 11 is 1.43. The molecule has 1 fully saturated rings. The quantitative estimate of drug-likeness (QED) is 0.473. The number of anilines is 1. The topological polar surface area (TPSA) is 63.5 Å². The number of morpholine rings is 1. The molecule has 0 aliphatic carbocycles. The molecule has 33 heavy (non-hydrogen) atoms. The van der Waals surface area contributed by atoms with Gasteiger partial charge in [-0.25, -0.2) is 0 Å². The van der Waals surface area contributed by atoms with Crippen molar-refractivity contribution in [3.05, 3.63) is 65.2 Å². The van der Waals surface area contributed by atoms with Crippen LogP contribution in [0.5, 0.6) is 0 Å². The minimum Gasteiger partial charge on any atom is -0.378 e. The number of carbonyl (C=O) groups excluding carboxylic acids is 1.